The fourth-order valence-electron chi connectivity index (χ4n) is 3.83. The van der Waals surface area contributed by atoms with Gasteiger partial charge in [-0.2, -0.15) is 0 Å². The molecule has 3 aromatic rings. The third-order valence-electron chi connectivity index (χ3n) is 5.58. The molecule has 0 aliphatic heterocycles. The van der Waals surface area contributed by atoms with E-state index in [1.54, 1.807) is 30.6 Å². The summed E-state index contributed by atoms with van der Waals surface area (Å²) in [6.45, 7) is 0.276. The van der Waals surface area contributed by atoms with Crippen LogP contribution in [0.2, 0.25) is 0 Å². The van der Waals surface area contributed by atoms with Crippen LogP contribution < -0.4 is 10.9 Å². The standard InChI is InChI=1S/C22H24N4O3/c27-17-12-16(13-17)20(11-15-5-8-23-9-6-15)25-21(28)7-10-26-14-24-19-4-2-1-3-18(19)22(26)29/h1-6,8-9,14,16-17,20,27H,7,10-13H2,(H,25,28)/t16?,17?,20-/m0/s1. The average molecular weight is 392 g/mol. The largest absolute Gasteiger partial charge is 0.393 e. The van der Waals surface area contributed by atoms with Crippen LogP contribution in [0.3, 0.4) is 0 Å². The number of pyridine rings is 1. The Morgan fingerprint density at radius 2 is 1.97 bits per heavy atom. The molecule has 1 aliphatic carbocycles. The molecule has 150 valence electrons. The molecule has 1 atom stereocenters. The molecule has 1 saturated carbocycles. The van der Waals surface area contributed by atoms with Gasteiger partial charge in [0.15, 0.2) is 0 Å². The monoisotopic (exact) mass is 392 g/mol. The molecule has 7 nitrogen and oxygen atoms in total. The molecule has 2 aromatic heterocycles. The molecule has 1 aliphatic rings. The number of aliphatic hydroxyl groups excluding tert-OH is 1. The lowest BCUT2D eigenvalue weighted by atomic mass is 9.75. The Morgan fingerprint density at radius 1 is 1.21 bits per heavy atom. The highest BCUT2D eigenvalue weighted by Crippen LogP contribution is 2.31. The Balaban J connectivity index is 1.40. The summed E-state index contributed by atoms with van der Waals surface area (Å²) in [5, 5.41) is 13.3. The quantitative estimate of drug-likeness (QED) is 0.638. The summed E-state index contributed by atoms with van der Waals surface area (Å²) >= 11 is 0. The molecular weight excluding hydrogens is 368 g/mol. The number of para-hydroxylation sites is 1. The number of rotatable bonds is 7. The Labute approximate surface area is 168 Å². The number of aromatic nitrogens is 3. The molecule has 29 heavy (non-hydrogen) atoms. The summed E-state index contributed by atoms with van der Waals surface area (Å²) in [6.07, 6.45) is 6.99. The van der Waals surface area contributed by atoms with E-state index in [0.717, 1.165) is 5.56 Å². The average Bonchev–Trinajstić information content (AvgIpc) is 2.71. The molecule has 0 spiro atoms. The van der Waals surface area contributed by atoms with E-state index in [2.05, 4.69) is 15.3 Å². The van der Waals surface area contributed by atoms with Gasteiger partial charge in [0.2, 0.25) is 5.91 Å². The van der Waals surface area contributed by atoms with Crippen LogP contribution in [0.1, 0.15) is 24.8 Å². The summed E-state index contributed by atoms with van der Waals surface area (Å²) in [5.74, 6) is 0.151. The molecule has 7 heteroatoms. The zero-order chi connectivity index (χ0) is 20.2. The van der Waals surface area contributed by atoms with E-state index in [1.807, 2.05) is 18.2 Å². The van der Waals surface area contributed by atoms with E-state index in [9.17, 15) is 14.7 Å². The van der Waals surface area contributed by atoms with Gasteiger partial charge >= 0.3 is 0 Å². The first-order valence-electron chi connectivity index (χ1n) is 9.90. The van der Waals surface area contributed by atoms with Crippen LogP contribution in [0.15, 0.2) is 59.9 Å². The number of hydrogen-bond acceptors (Lipinski definition) is 5. The predicted molar refractivity (Wildman–Crippen MR) is 109 cm³/mol. The fraction of sp³-hybridized carbons (Fsp3) is 0.364. The number of aryl methyl sites for hydroxylation is 1. The van der Waals surface area contributed by atoms with Crippen LogP contribution in [0, 0.1) is 5.92 Å². The van der Waals surface area contributed by atoms with Gasteiger partial charge in [-0.3, -0.25) is 19.1 Å². The zero-order valence-corrected chi connectivity index (χ0v) is 16.1. The summed E-state index contributed by atoms with van der Waals surface area (Å²) in [7, 11) is 0. The molecular formula is C22H24N4O3. The molecule has 1 fully saturated rings. The van der Waals surface area contributed by atoms with E-state index >= 15 is 0 Å². The summed E-state index contributed by atoms with van der Waals surface area (Å²) in [6, 6.07) is 11.0. The maximum Gasteiger partial charge on any atom is 0.261 e. The van der Waals surface area contributed by atoms with Crippen molar-refractivity contribution in [3.8, 4) is 0 Å². The van der Waals surface area contributed by atoms with Crippen LogP contribution in [0.5, 0.6) is 0 Å². The molecule has 0 bridgehead atoms. The van der Waals surface area contributed by atoms with Gasteiger partial charge in [0.25, 0.3) is 5.56 Å². The van der Waals surface area contributed by atoms with E-state index in [1.165, 1.54) is 10.9 Å². The van der Waals surface area contributed by atoms with E-state index in [0.29, 0.717) is 30.2 Å². The summed E-state index contributed by atoms with van der Waals surface area (Å²) < 4.78 is 1.48. The van der Waals surface area contributed by atoms with Gasteiger partial charge in [-0.25, -0.2) is 4.98 Å². The van der Waals surface area contributed by atoms with Crippen molar-refractivity contribution in [1.82, 2.24) is 19.9 Å². The smallest absolute Gasteiger partial charge is 0.261 e. The first-order valence-corrected chi connectivity index (χ1v) is 9.90. The van der Waals surface area contributed by atoms with Crippen LogP contribution in [-0.2, 0) is 17.8 Å². The topological polar surface area (TPSA) is 97.1 Å². The van der Waals surface area contributed by atoms with Gasteiger partial charge in [-0.15, -0.1) is 0 Å². The van der Waals surface area contributed by atoms with Crippen molar-refractivity contribution in [2.45, 2.75) is 44.4 Å². The highest BCUT2D eigenvalue weighted by Gasteiger charge is 2.34. The second-order valence-corrected chi connectivity index (χ2v) is 7.63. The van der Waals surface area contributed by atoms with Crippen molar-refractivity contribution in [3.63, 3.8) is 0 Å². The van der Waals surface area contributed by atoms with Gasteiger partial charge in [0.05, 0.1) is 23.3 Å². The van der Waals surface area contributed by atoms with E-state index in [-0.39, 0.29) is 42.5 Å². The van der Waals surface area contributed by atoms with Gasteiger partial charge in [0.1, 0.15) is 0 Å². The van der Waals surface area contributed by atoms with Gasteiger partial charge in [-0.05, 0) is 55.0 Å². The fourth-order valence-corrected chi connectivity index (χ4v) is 3.83. The molecule has 4 rings (SSSR count). The number of benzene rings is 1. The first kappa shape index (κ1) is 19.3. The highest BCUT2D eigenvalue weighted by molar-refractivity contribution is 5.77. The highest BCUT2D eigenvalue weighted by atomic mass is 16.3. The normalized spacial score (nSPS) is 19.5. The van der Waals surface area contributed by atoms with Crippen LogP contribution in [0.4, 0.5) is 0 Å². The lowest BCUT2D eigenvalue weighted by molar-refractivity contribution is -0.123. The van der Waals surface area contributed by atoms with Crippen molar-refractivity contribution >= 4 is 16.8 Å². The van der Waals surface area contributed by atoms with Gasteiger partial charge in [-0.1, -0.05) is 12.1 Å². The van der Waals surface area contributed by atoms with Crippen molar-refractivity contribution < 1.29 is 9.90 Å². The minimum Gasteiger partial charge on any atom is -0.393 e. The summed E-state index contributed by atoms with van der Waals surface area (Å²) in [5.41, 5.74) is 1.61. The van der Waals surface area contributed by atoms with Crippen LogP contribution in [-0.4, -0.2) is 37.7 Å². The van der Waals surface area contributed by atoms with Gasteiger partial charge < -0.3 is 10.4 Å². The molecule has 0 radical (unpaired) electrons. The van der Waals surface area contributed by atoms with Crippen molar-refractivity contribution in [1.29, 1.82) is 0 Å². The number of aliphatic hydroxyl groups is 1. The Bertz CT molecular complexity index is 1040. The van der Waals surface area contributed by atoms with E-state index in [4.69, 9.17) is 0 Å². The molecule has 1 aromatic carbocycles. The van der Waals surface area contributed by atoms with Crippen LogP contribution >= 0.6 is 0 Å². The number of nitrogens with zero attached hydrogens (tertiary/aromatic N) is 3. The predicted octanol–water partition coefficient (Wildman–Crippen LogP) is 1.68. The number of nitrogens with one attached hydrogen (secondary N) is 1. The Morgan fingerprint density at radius 3 is 2.72 bits per heavy atom. The first-order chi connectivity index (χ1) is 14.1. The maximum absolute atomic E-state index is 12.6. The maximum atomic E-state index is 12.6. The zero-order valence-electron chi connectivity index (χ0n) is 16.1. The van der Waals surface area contributed by atoms with E-state index < -0.39 is 0 Å². The lowest BCUT2D eigenvalue weighted by Crippen LogP contribution is -2.48. The number of carbonyl (C=O) groups excluding carboxylic acids is 1. The Hall–Kier alpha value is -3.06. The molecule has 2 N–H and O–H groups in total. The SMILES string of the molecule is O=C(CCn1cnc2ccccc2c1=O)N[C@@H](Cc1ccncc1)C1CC(O)C1. The van der Waals surface area contributed by atoms with Crippen molar-refractivity contribution in [3.05, 3.63) is 71.0 Å². The van der Waals surface area contributed by atoms with Gasteiger partial charge in [0, 0.05) is 31.4 Å². The summed E-state index contributed by atoms with van der Waals surface area (Å²) in [4.78, 5) is 33.5. The van der Waals surface area contributed by atoms with Crippen LogP contribution in [0.25, 0.3) is 10.9 Å². The molecule has 0 saturated heterocycles. The number of fused-ring (bicyclic) bond motifs is 1. The third kappa shape index (κ3) is 4.51. The number of hydrogen-bond donors (Lipinski definition) is 2. The minimum absolute atomic E-state index is 0.0419. The Kier molecular flexibility index (Phi) is 5.67. The minimum atomic E-state index is -0.279. The molecule has 1 amide bonds. The second kappa shape index (κ2) is 8.53. The number of amides is 1. The second-order valence-electron chi connectivity index (χ2n) is 7.63. The lowest BCUT2D eigenvalue weighted by Gasteiger charge is -2.38. The van der Waals surface area contributed by atoms with Crippen molar-refractivity contribution in [2.75, 3.05) is 0 Å². The number of carbonyl (C=O) groups is 1. The van der Waals surface area contributed by atoms with Crippen molar-refractivity contribution in [2.24, 2.45) is 5.92 Å². The molecule has 2 heterocycles. The molecule has 0 unspecified atom stereocenters. The third-order valence-corrected chi connectivity index (χ3v) is 5.58.